The van der Waals surface area contributed by atoms with Crippen molar-refractivity contribution in [3.8, 4) is 5.75 Å². The SMILES string of the molecule is CCOC(=O)[C@@H]1C(=O)C2=C(C[C@@H]1c1ccccc1)NC(=O)C[C@@H]2c1cccc(OC)c1. The van der Waals surface area contributed by atoms with Gasteiger partial charge in [-0.2, -0.15) is 0 Å². The summed E-state index contributed by atoms with van der Waals surface area (Å²) in [6.07, 6.45) is 0.532. The molecule has 2 aromatic carbocycles. The van der Waals surface area contributed by atoms with E-state index in [4.69, 9.17) is 9.47 Å². The highest BCUT2D eigenvalue weighted by atomic mass is 16.5. The fourth-order valence-corrected chi connectivity index (χ4v) is 4.61. The number of benzene rings is 2. The van der Waals surface area contributed by atoms with E-state index in [0.717, 1.165) is 11.1 Å². The second-order valence-corrected chi connectivity index (χ2v) is 7.79. The van der Waals surface area contributed by atoms with Gasteiger partial charge in [-0.25, -0.2) is 0 Å². The maximum atomic E-state index is 13.8. The van der Waals surface area contributed by atoms with E-state index >= 15 is 0 Å². The Morgan fingerprint density at radius 2 is 1.77 bits per heavy atom. The maximum absolute atomic E-state index is 13.8. The summed E-state index contributed by atoms with van der Waals surface area (Å²) in [5.74, 6) is -2.05. The van der Waals surface area contributed by atoms with Gasteiger partial charge in [-0.15, -0.1) is 0 Å². The van der Waals surface area contributed by atoms with Gasteiger partial charge < -0.3 is 14.8 Å². The van der Waals surface area contributed by atoms with Crippen molar-refractivity contribution in [3.63, 3.8) is 0 Å². The molecule has 0 bridgehead atoms. The lowest BCUT2D eigenvalue weighted by Gasteiger charge is -2.38. The van der Waals surface area contributed by atoms with Gasteiger partial charge in [0, 0.05) is 29.5 Å². The molecule has 6 heteroatoms. The molecule has 0 saturated carbocycles. The van der Waals surface area contributed by atoms with Crippen LogP contribution >= 0.6 is 0 Å². The van der Waals surface area contributed by atoms with Gasteiger partial charge in [0.25, 0.3) is 0 Å². The van der Waals surface area contributed by atoms with Gasteiger partial charge in [-0.3, -0.25) is 14.4 Å². The third-order valence-electron chi connectivity index (χ3n) is 5.99. The Balaban J connectivity index is 1.82. The number of methoxy groups -OCH3 is 1. The monoisotopic (exact) mass is 419 g/mol. The summed E-state index contributed by atoms with van der Waals surface area (Å²) in [4.78, 5) is 39.2. The topological polar surface area (TPSA) is 81.7 Å². The highest BCUT2D eigenvalue weighted by Crippen LogP contribution is 2.46. The number of hydrogen-bond acceptors (Lipinski definition) is 5. The molecule has 1 amide bonds. The molecule has 160 valence electrons. The molecule has 2 aliphatic rings. The number of rotatable bonds is 5. The first-order valence-electron chi connectivity index (χ1n) is 10.5. The molecule has 1 aliphatic carbocycles. The number of ether oxygens (including phenoxy) is 2. The van der Waals surface area contributed by atoms with Crippen LogP contribution in [-0.4, -0.2) is 31.4 Å². The first kappa shape index (κ1) is 20.8. The number of carbonyl (C=O) groups excluding carboxylic acids is 3. The number of Topliss-reactive ketones (excluding diaryl/α,β-unsaturated/α-hetero) is 1. The fraction of sp³-hybridized carbons (Fsp3) is 0.320. The molecule has 0 radical (unpaired) electrons. The van der Waals surface area contributed by atoms with Crippen molar-refractivity contribution >= 4 is 17.7 Å². The number of amides is 1. The number of ketones is 1. The average molecular weight is 419 g/mol. The Morgan fingerprint density at radius 3 is 2.48 bits per heavy atom. The second kappa shape index (κ2) is 8.76. The smallest absolute Gasteiger partial charge is 0.317 e. The molecule has 1 heterocycles. The van der Waals surface area contributed by atoms with Crippen molar-refractivity contribution in [3.05, 3.63) is 77.0 Å². The number of allylic oxidation sites excluding steroid dienone is 2. The minimum Gasteiger partial charge on any atom is -0.497 e. The van der Waals surface area contributed by atoms with Crippen LogP contribution < -0.4 is 10.1 Å². The van der Waals surface area contributed by atoms with E-state index in [0.29, 0.717) is 23.4 Å². The van der Waals surface area contributed by atoms with Crippen LogP contribution in [-0.2, 0) is 19.1 Å². The molecular formula is C25H25NO5. The summed E-state index contributed by atoms with van der Waals surface area (Å²) in [5.41, 5.74) is 2.79. The van der Waals surface area contributed by atoms with E-state index in [1.165, 1.54) is 0 Å². The first-order chi connectivity index (χ1) is 15.0. The Hall–Kier alpha value is -3.41. The molecule has 2 aromatic rings. The average Bonchev–Trinajstić information content (AvgIpc) is 2.79. The second-order valence-electron chi connectivity index (χ2n) is 7.79. The van der Waals surface area contributed by atoms with Gasteiger partial charge >= 0.3 is 5.97 Å². The highest BCUT2D eigenvalue weighted by Gasteiger charge is 2.47. The van der Waals surface area contributed by atoms with Crippen molar-refractivity contribution < 1.29 is 23.9 Å². The van der Waals surface area contributed by atoms with Gasteiger partial charge in [0.2, 0.25) is 5.91 Å². The van der Waals surface area contributed by atoms with Crippen molar-refractivity contribution in [1.82, 2.24) is 5.32 Å². The van der Waals surface area contributed by atoms with E-state index in [1.807, 2.05) is 54.6 Å². The largest absolute Gasteiger partial charge is 0.497 e. The van der Waals surface area contributed by atoms with Gasteiger partial charge in [0.05, 0.1) is 13.7 Å². The molecule has 0 fully saturated rings. The summed E-state index contributed by atoms with van der Waals surface area (Å²) in [5, 5.41) is 2.90. The van der Waals surface area contributed by atoms with Gasteiger partial charge in [0.1, 0.15) is 11.7 Å². The number of nitrogens with one attached hydrogen (secondary N) is 1. The van der Waals surface area contributed by atoms with Crippen LogP contribution in [0.1, 0.15) is 42.7 Å². The molecule has 1 N–H and O–H groups in total. The third-order valence-corrected chi connectivity index (χ3v) is 5.99. The van der Waals surface area contributed by atoms with E-state index in [2.05, 4.69) is 5.32 Å². The Bertz CT molecular complexity index is 1040. The van der Waals surface area contributed by atoms with Crippen LogP contribution in [0.3, 0.4) is 0 Å². The van der Waals surface area contributed by atoms with Crippen molar-refractivity contribution in [2.45, 2.75) is 31.6 Å². The van der Waals surface area contributed by atoms with Crippen molar-refractivity contribution in [1.29, 1.82) is 0 Å². The molecule has 0 saturated heterocycles. The minimum atomic E-state index is -0.941. The zero-order valence-electron chi connectivity index (χ0n) is 17.6. The maximum Gasteiger partial charge on any atom is 0.317 e. The predicted molar refractivity (Wildman–Crippen MR) is 114 cm³/mol. The quantitative estimate of drug-likeness (QED) is 0.593. The highest BCUT2D eigenvalue weighted by molar-refractivity contribution is 6.12. The van der Waals surface area contributed by atoms with Crippen molar-refractivity contribution in [2.24, 2.45) is 5.92 Å². The molecule has 0 unspecified atom stereocenters. The first-order valence-corrected chi connectivity index (χ1v) is 10.5. The zero-order valence-corrected chi connectivity index (χ0v) is 17.6. The van der Waals surface area contributed by atoms with Gasteiger partial charge in [-0.1, -0.05) is 42.5 Å². The Morgan fingerprint density at radius 1 is 1.03 bits per heavy atom. The number of esters is 1. The van der Waals surface area contributed by atoms with Gasteiger partial charge in [0.15, 0.2) is 5.78 Å². The van der Waals surface area contributed by atoms with Crippen LogP contribution in [0.4, 0.5) is 0 Å². The zero-order chi connectivity index (χ0) is 22.0. The van der Waals surface area contributed by atoms with Gasteiger partial charge in [-0.05, 0) is 36.6 Å². The molecule has 6 nitrogen and oxygen atoms in total. The molecular weight excluding hydrogens is 394 g/mol. The number of carbonyl (C=O) groups is 3. The summed E-state index contributed by atoms with van der Waals surface area (Å²) in [6, 6.07) is 16.8. The standard InChI is InChI=1S/C25H25NO5/c1-3-31-25(29)23-18(15-8-5-4-6-9-15)13-20-22(24(23)28)19(14-21(27)26-20)16-10-7-11-17(12-16)30-2/h4-12,18-19,23H,3,13-14H2,1-2H3,(H,26,27)/t18-,19-,23+/m1/s1. The van der Waals surface area contributed by atoms with Crippen LogP contribution in [0.15, 0.2) is 65.9 Å². The predicted octanol–water partition coefficient (Wildman–Crippen LogP) is 3.49. The lowest BCUT2D eigenvalue weighted by molar-refractivity contribution is -0.152. The molecule has 1 aliphatic heterocycles. The van der Waals surface area contributed by atoms with Crippen LogP contribution in [0.2, 0.25) is 0 Å². The summed E-state index contributed by atoms with van der Waals surface area (Å²) < 4.78 is 10.6. The molecule has 0 spiro atoms. The minimum absolute atomic E-state index is 0.138. The van der Waals surface area contributed by atoms with Crippen molar-refractivity contribution in [2.75, 3.05) is 13.7 Å². The molecule has 3 atom stereocenters. The van der Waals surface area contributed by atoms with Crippen LogP contribution in [0, 0.1) is 5.92 Å². The van der Waals surface area contributed by atoms with E-state index in [9.17, 15) is 14.4 Å². The Labute approximate surface area is 181 Å². The van der Waals surface area contributed by atoms with Crippen LogP contribution in [0.5, 0.6) is 5.75 Å². The summed E-state index contributed by atoms with van der Waals surface area (Å²) in [6.45, 7) is 1.93. The molecule has 0 aromatic heterocycles. The number of hydrogen-bond donors (Lipinski definition) is 1. The lowest BCUT2D eigenvalue weighted by atomic mass is 9.68. The van der Waals surface area contributed by atoms with E-state index < -0.39 is 23.7 Å². The Kier molecular flexibility index (Phi) is 5.89. The van der Waals surface area contributed by atoms with E-state index in [1.54, 1.807) is 14.0 Å². The van der Waals surface area contributed by atoms with E-state index in [-0.39, 0.29) is 24.7 Å². The lowest BCUT2D eigenvalue weighted by Crippen LogP contribution is -2.44. The molecule has 31 heavy (non-hydrogen) atoms. The molecule has 4 rings (SSSR count). The third kappa shape index (κ3) is 3.98. The summed E-state index contributed by atoms with van der Waals surface area (Å²) >= 11 is 0. The normalized spacial score (nSPS) is 23.1. The van der Waals surface area contributed by atoms with Crippen LogP contribution in [0.25, 0.3) is 0 Å². The summed E-state index contributed by atoms with van der Waals surface area (Å²) in [7, 11) is 1.57. The fourth-order valence-electron chi connectivity index (χ4n) is 4.61.